The Kier molecular flexibility index (Phi) is 6.06. The number of aromatic nitrogens is 2. The molecule has 6 heteroatoms. The molecule has 1 aromatic heterocycles. The number of amides is 1. The maximum absolute atomic E-state index is 12.3. The number of carbonyl (C=O) groups is 1. The molecule has 1 aliphatic heterocycles. The maximum atomic E-state index is 12.3. The molecule has 1 amide bonds. The van der Waals surface area contributed by atoms with Crippen molar-refractivity contribution in [1.82, 2.24) is 14.9 Å². The lowest BCUT2D eigenvalue weighted by molar-refractivity contribution is -0.129. The lowest BCUT2D eigenvalue weighted by atomic mass is 9.91. The molecule has 1 N–H and O–H groups in total. The number of rotatable bonds is 6. The third-order valence-corrected chi connectivity index (χ3v) is 4.82. The Morgan fingerprint density at radius 2 is 2.27 bits per heavy atom. The molecule has 0 radical (unpaired) electrons. The van der Waals surface area contributed by atoms with Crippen molar-refractivity contribution in [3.8, 4) is 0 Å². The summed E-state index contributed by atoms with van der Waals surface area (Å²) in [4.78, 5) is 22.8. The van der Waals surface area contributed by atoms with Gasteiger partial charge in [0.05, 0.1) is 0 Å². The van der Waals surface area contributed by atoms with E-state index >= 15 is 0 Å². The van der Waals surface area contributed by atoms with Crippen molar-refractivity contribution in [2.75, 3.05) is 30.4 Å². The predicted octanol–water partition coefficient (Wildman–Crippen LogP) is 2.43. The molecular formula is C16H26N4OS. The number of nitrogens with one attached hydrogen (secondary N) is 1. The minimum Gasteiger partial charge on any atom is -0.365 e. The lowest BCUT2D eigenvalue weighted by Gasteiger charge is -2.23. The first-order valence-corrected chi connectivity index (χ1v) is 9.23. The van der Waals surface area contributed by atoms with Crippen LogP contribution in [0.1, 0.15) is 26.1 Å². The topological polar surface area (TPSA) is 58.1 Å². The van der Waals surface area contributed by atoms with E-state index in [1.807, 2.05) is 24.1 Å². The van der Waals surface area contributed by atoms with Gasteiger partial charge in [-0.05, 0) is 25.2 Å². The highest BCUT2D eigenvalue weighted by Gasteiger charge is 2.36. The highest BCUT2D eigenvalue weighted by Crippen LogP contribution is 2.27. The van der Waals surface area contributed by atoms with E-state index in [1.54, 1.807) is 18.0 Å². The molecule has 0 aliphatic carbocycles. The van der Waals surface area contributed by atoms with E-state index in [2.05, 4.69) is 29.1 Å². The van der Waals surface area contributed by atoms with E-state index in [-0.39, 0.29) is 11.9 Å². The van der Waals surface area contributed by atoms with Gasteiger partial charge in [0, 0.05) is 43.4 Å². The second-order valence-corrected chi connectivity index (χ2v) is 7.17. The highest BCUT2D eigenvalue weighted by atomic mass is 32.2. The average molecular weight is 322 g/mol. The zero-order valence-electron chi connectivity index (χ0n) is 13.9. The molecule has 0 saturated carbocycles. The van der Waals surface area contributed by atoms with Crippen LogP contribution < -0.4 is 5.32 Å². The van der Waals surface area contributed by atoms with Gasteiger partial charge in [-0.2, -0.15) is 11.8 Å². The molecule has 1 fully saturated rings. The van der Waals surface area contributed by atoms with Crippen LogP contribution in [0.5, 0.6) is 0 Å². The average Bonchev–Trinajstić information content (AvgIpc) is 2.89. The van der Waals surface area contributed by atoms with Gasteiger partial charge < -0.3 is 10.2 Å². The molecule has 122 valence electrons. The second kappa shape index (κ2) is 7.81. The van der Waals surface area contributed by atoms with E-state index in [0.717, 1.165) is 30.5 Å². The molecule has 22 heavy (non-hydrogen) atoms. The summed E-state index contributed by atoms with van der Waals surface area (Å²) in [7, 11) is 0. The van der Waals surface area contributed by atoms with Crippen molar-refractivity contribution >= 4 is 23.5 Å². The predicted molar refractivity (Wildman–Crippen MR) is 92.1 cm³/mol. The van der Waals surface area contributed by atoms with Crippen LogP contribution in [0, 0.1) is 18.8 Å². The van der Waals surface area contributed by atoms with Crippen LogP contribution in [-0.4, -0.2) is 51.9 Å². The third-order valence-electron chi connectivity index (χ3n) is 4.20. The van der Waals surface area contributed by atoms with Gasteiger partial charge in [0.15, 0.2) is 0 Å². The molecule has 1 saturated heterocycles. The molecule has 0 spiro atoms. The lowest BCUT2D eigenvalue weighted by Crippen LogP contribution is -2.33. The van der Waals surface area contributed by atoms with Crippen molar-refractivity contribution in [1.29, 1.82) is 0 Å². The zero-order chi connectivity index (χ0) is 16.1. The van der Waals surface area contributed by atoms with Crippen molar-refractivity contribution in [3.63, 3.8) is 0 Å². The van der Waals surface area contributed by atoms with E-state index in [9.17, 15) is 4.79 Å². The number of thioether (sulfide) groups is 1. The van der Waals surface area contributed by atoms with Gasteiger partial charge in [-0.1, -0.05) is 13.8 Å². The van der Waals surface area contributed by atoms with Gasteiger partial charge in [0.25, 0.3) is 0 Å². The fourth-order valence-corrected chi connectivity index (χ4v) is 3.31. The Bertz CT molecular complexity index is 509. The molecule has 2 heterocycles. The van der Waals surface area contributed by atoms with Crippen LogP contribution in [0.4, 0.5) is 5.82 Å². The first-order valence-electron chi connectivity index (χ1n) is 7.84. The summed E-state index contributed by atoms with van der Waals surface area (Å²) in [6, 6.07) is 2.15. The molecule has 0 aromatic carbocycles. The number of likely N-dealkylation sites (tertiary alicyclic amines) is 1. The normalized spacial score (nSPS) is 21.4. The molecule has 2 atom stereocenters. The van der Waals surface area contributed by atoms with Gasteiger partial charge in [0.2, 0.25) is 5.91 Å². The summed E-state index contributed by atoms with van der Waals surface area (Å²) in [5, 5.41) is 3.50. The summed E-state index contributed by atoms with van der Waals surface area (Å²) in [5.74, 6) is 3.75. The van der Waals surface area contributed by atoms with Gasteiger partial charge >= 0.3 is 0 Å². The molecule has 1 aromatic rings. The minimum atomic E-state index is 0.257. The Hall–Kier alpha value is -1.30. The highest BCUT2D eigenvalue weighted by molar-refractivity contribution is 7.98. The number of hydrogen-bond donors (Lipinski definition) is 1. The molecule has 2 rings (SSSR count). The van der Waals surface area contributed by atoms with Crippen LogP contribution in [0.2, 0.25) is 0 Å². The van der Waals surface area contributed by atoms with Crippen molar-refractivity contribution in [2.24, 2.45) is 11.8 Å². The summed E-state index contributed by atoms with van der Waals surface area (Å²) >= 11 is 1.72. The van der Waals surface area contributed by atoms with Gasteiger partial charge in [-0.15, -0.1) is 0 Å². The number of hydrogen-bond acceptors (Lipinski definition) is 5. The minimum absolute atomic E-state index is 0.257. The van der Waals surface area contributed by atoms with Crippen LogP contribution in [0.15, 0.2) is 12.3 Å². The van der Waals surface area contributed by atoms with Crippen molar-refractivity contribution in [2.45, 2.75) is 33.2 Å². The first-order chi connectivity index (χ1) is 10.5. The van der Waals surface area contributed by atoms with E-state index in [4.69, 9.17) is 0 Å². The Morgan fingerprint density at radius 1 is 1.50 bits per heavy atom. The fourth-order valence-electron chi connectivity index (χ4n) is 2.93. The summed E-state index contributed by atoms with van der Waals surface area (Å²) in [5.41, 5.74) is 0. The Morgan fingerprint density at radius 3 is 2.91 bits per heavy atom. The molecule has 0 bridgehead atoms. The number of aryl methyl sites for hydroxylation is 1. The molecule has 0 unspecified atom stereocenters. The smallest absolute Gasteiger partial charge is 0.223 e. The zero-order valence-corrected chi connectivity index (χ0v) is 14.7. The number of anilines is 1. The summed E-state index contributed by atoms with van der Waals surface area (Å²) in [6.07, 6.45) is 4.44. The summed E-state index contributed by atoms with van der Waals surface area (Å²) < 4.78 is 0. The van der Waals surface area contributed by atoms with Gasteiger partial charge in [-0.25, -0.2) is 9.97 Å². The SMILES string of the molecule is CSCCC(=O)N1C[C@H](Nc2ccnc(C)n2)[C@@H](C(C)C)C1. The largest absolute Gasteiger partial charge is 0.365 e. The number of nitrogens with zero attached hydrogens (tertiary/aromatic N) is 3. The van der Waals surface area contributed by atoms with E-state index < -0.39 is 0 Å². The molecule has 5 nitrogen and oxygen atoms in total. The summed E-state index contributed by atoms with van der Waals surface area (Å²) in [6.45, 7) is 7.94. The number of carbonyl (C=O) groups excluding carboxylic acids is 1. The van der Waals surface area contributed by atoms with Crippen LogP contribution in [-0.2, 0) is 4.79 Å². The molecular weight excluding hydrogens is 296 g/mol. The van der Waals surface area contributed by atoms with Crippen molar-refractivity contribution in [3.05, 3.63) is 18.1 Å². The van der Waals surface area contributed by atoms with Crippen LogP contribution in [0.3, 0.4) is 0 Å². The molecule has 1 aliphatic rings. The van der Waals surface area contributed by atoms with E-state index in [1.165, 1.54) is 0 Å². The van der Waals surface area contributed by atoms with Crippen molar-refractivity contribution < 1.29 is 4.79 Å². The standard InChI is InChI=1S/C16H26N4OS/c1-11(2)13-9-20(16(21)6-8-22-4)10-14(13)19-15-5-7-17-12(3)18-15/h5,7,11,13-14H,6,8-10H2,1-4H3,(H,17,18,19)/t13-,14+/m1/s1. The Labute approximate surface area is 137 Å². The van der Waals surface area contributed by atoms with Crippen LogP contribution >= 0.6 is 11.8 Å². The monoisotopic (exact) mass is 322 g/mol. The quantitative estimate of drug-likeness (QED) is 0.872. The Balaban J connectivity index is 2.03. The van der Waals surface area contributed by atoms with Gasteiger partial charge in [-0.3, -0.25) is 4.79 Å². The van der Waals surface area contributed by atoms with E-state index in [0.29, 0.717) is 18.3 Å². The first kappa shape index (κ1) is 17.1. The third kappa shape index (κ3) is 4.35. The second-order valence-electron chi connectivity index (χ2n) is 6.19. The maximum Gasteiger partial charge on any atom is 0.223 e. The van der Waals surface area contributed by atoms with Crippen LogP contribution in [0.25, 0.3) is 0 Å². The fraction of sp³-hybridized carbons (Fsp3) is 0.688. The van der Waals surface area contributed by atoms with Gasteiger partial charge in [0.1, 0.15) is 11.6 Å².